The lowest BCUT2D eigenvalue weighted by Gasteiger charge is -2.24. The number of imidazole rings is 1. The summed E-state index contributed by atoms with van der Waals surface area (Å²) in [5, 5.41) is 3.48. The molecule has 1 aliphatic heterocycles. The van der Waals surface area contributed by atoms with Crippen LogP contribution in [-0.2, 0) is 13.1 Å². The Morgan fingerprint density at radius 2 is 2.31 bits per heavy atom. The lowest BCUT2D eigenvalue weighted by molar-refractivity contribution is 0.238. The molecule has 0 saturated carbocycles. The van der Waals surface area contributed by atoms with Crippen LogP contribution < -0.4 is 5.32 Å². The van der Waals surface area contributed by atoms with Crippen LogP contribution in [0.5, 0.6) is 0 Å². The zero-order chi connectivity index (χ0) is 11.4. The average Bonchev–Trinajstić information content (AvgIpc) is 2.65. The number of fused-ring (bicyclic) bond motifs is 1. The SMILES string of the molecule is CCN(CC)CC1CNCc2nccn2C1. The Labute approximate surface area is 97.7 Å². The molecule has 1 aromatic rings. The highest BCUT2D eigenvalue weighted by atomic mass is 15.2. The Kier molecular flexibility index (Phi) is 3.96. The van der Waals surface area contributed by atoms with Gasteiger partial charge in [0.1, 0.15) is 5.82 Å². The summed E-state index contributed by atoms with van der Waals surface area (Å²) in [5.74, 6) is 1.86. The van der Waals surface area contributed by atoms with Gasteiger partial charge in [-0.1, -0.05) is 13.8 Å². The lowest BCUT2D eigenvalue weighted by atomic mass is 10.1. The van der Waals surface area contributed by atoms with Crippen molar-refractivity contribution in [3.8, 4) is 0 Å². The number of hydrogen-bond donors (Lipinski definition) is 1. The van der Waals surface area contributed by atoms with Crippen molar-refractivity contribution in [2.24, 2.45) is 5.92 Å². The normalized spacial score (nSPS) is 20.8. The van der Waals surface area contributed by atoms with Crippen molar-refractivity contribution in [3.63, 3.8) is 0 Å². The van der Waals surface area contributed by atoms with Gasteiger partial charge in [0, 0.05) is 37.9 Å². The van der Waals surface area contributed by atoms with E-state index in [4.69, 9.17) is 0 Å². The van der Waals surface area contributed by atoms with Gasteiger partial charge in [0.15, 0.2) is 0 Å². The Balaban J connectivity index is 1.97. The van der Waals surface area contributed by atoms with Gasteiger partial charge in [0.25, 0.3) is 0 Å². The first-order chi connectivity index (χ1) is 7.83. The largest absolute Gasteiger partial charge is 0.333 e. The van der Waals surface area contributed by atoms with Crippen LogP contribution in [0.3, 0.4) is 0 Å². The molecule has 90 valence electrons. The fourth-order valence-corrected chi connectivity index (χ4v) is 2.37. The van der Waals surface area contributed by atoms with E-state index in [9.17, 15) is 0 Å². The van der Waals surface area contributed by atoms with Gasteiger partial charge >= 0.3 is 0 Å². The molecule has 4 nitrogen and oxygen atoms in total. The van der Waals surface area contributed by atoms with Crippen LogP contribution in [0.25, 0.3) is 0 Å². The predicted molar refractivity (Wildman–Crippen MR) is 65.2 cm³/mol. The molecule has 1 atom stereocenters. The van der Waals surface area contributed by atoms with Gasteiger partial charge in [-0.05, 0) is 13.1 Å². The molecule has 2 rings (SSSR count). The van der Waals surface area contributed by atoms with E-state index in [-0.39, 0.29) is 0 Å². The summed E-state index contributed by atoms with van der Waals surface area (Å²) in [7, 11) is 0. The van der Waals surface area contributed by atoms with Gasteiger partial charge in [-0.15, -0.1) is 0 Å². The van der Waals surface area contributed by atoms with Crippen molar-refractivity contribution in [3.05, 3.63) is 18.2 Å². The first-order valence-corrected chi connectivity index (χ1v) is 6.26. The van der Waals surface area contributed by atoms with Crippen LogP contribution in [0.2, 0.25) is 0 Å². The number of rotatable bonds is 4. The molecule has 0 saturated heterocycles. The molecule has 1 unspecified atom stereocenters. The summed E-state index contributed by atoms with van der Waals surface area (Å²) in [4.78, 5) is 6.85. The topological polar surface area (TPSA) is 33.1 Å². The zero-order valence-corrected chi connectivity index (χ0v) is 10.3. The quantitative estimate of drug-likeness (QED) is 0.823. The van der Waals surface area contributed by atoms with Gasteiger partial charge in [0.05, 0.1) is 6.54 Å². The highest BCUT2D eigenvalue weighted by Gasteiger charge is 2.17. The molecule has 0 aromatic carbocycles. The van der Waals surface area contributed by atoms with Crippen LogP contribution >= 0.6 is 0 Å². The molecule has 1 aromatic heterocycles. The summed E-state index contributed by atoms with van der Waals surface area (Å²) in [6.45, 7) is 11.0. The van der Waals surface area contributed by atoms with Gasteiger partial charge in [0.2, 0.25) is 0 Å². The maximum atomic E-state index is 4.36. The molecular weight excluding hydrogens is 200 g/mol. The van der Waals surface area contributed by atoms with Crippen LogP contribution in [0.15, 0.2) is 12.4 Å². The molecule has 1 N–H and O–H groups in total. The van der Waals surface area contributed by atoms with E-state index < -0.39 is 0 Å². The molecule has 0 radical (unpaired) electrons. The number of nitrogens with zero attached hydrogens (tertiary/aromatic N) is 3. The van der Waals surface area contributed by atoms with E-state index >= 15 is 0 Å². The molecule has 16 heavy (non-hydrogen) atoms. The van der Waals surface area contributed by atoms with E-state index in [1.165, 1.54) is 12.4 Å². The minimum absolute atomic E-state index is 0.690. The Morgan fingerprint density at radius 1 is 1.50 bits per heavy atom. The van der Waals surface area contributed by atoms with E-state index in [0.29, 0.717) is 5.92 Å². The Hall–Kier alpha value is -0.870. The third kappa shape index (κ3) is 2.62. The molecule has 2 heterocycles. The Morgan fingerprint density at radius 3 is 3.06 bits per heavy atom. The minimum atomic E-state index is 0.690. The summed E-state index contributed by atoms with van der Waals surface area (Å²) in [5.41, 5.74) is 0. The van der Waals surface area contributed by atoms with Crippen molar-refractivity contribution in [2.45, 2.75) is 26.9 Å². The average molecular weight is 222 g/mol. The number of hydrogen-bond acceptors (Lipinski definition) is 3. The first-order valence-electron chi connectivity index (χ1n) is 6.26. The second kappa shape index (κ2) is 5.46. The summed E-state index contributed by atoms with van der Waals surface area (Å²) >= 11 is 0. The smallest absolute Gasteiger partial charge is 0.122 e. The highest BCUT2D eigenvalue weighted by Crippen LogP contribution is 2.10. The van der Waals surface area contributed by atoms with Gasteiger partial charge in [-0.3, -0.25) is 0 Å². The fourth-order valence-electron chi connectivity index (χ4n) is 2.37. The van der Waals surface area contributed by atoms with Gasteiger partial charge < -0.3 is 14.8 Å². The number of nitrogens with one attached hydrogen (secondary N) is 1. The Bertz CT molecular complexity index is 317. The number of aromatic nitrogens is 2. The van der Waals surface area contributed by atoms with E-state index in [0.717, 1.165) is 32.7 Å². The van der Waals surface area contributed by atoms with Crippen molar-refractivity contribution in [1.82, 2.24) is 19.8 Å². The van der Waals surface area contributed by atoms with Crippen molar-refractivity contribution in [2.75, 3.05) is 26.2 Å². The second-order valence-electron chi connectivity index (χ2n) is 4.48. The van der Waals surface area contributed by atoms with Gasteiger partial charge in [-0.2, -0.15) is 0 Å². The maximum absolute atomic E-state index is 4.36. The van der Waals surface area contributed by atoms with Crippen molar-refractivity contribution >= 4 is 0 Å². The summed E-state index contributed by atoms with van der Waals surface area (Å²) in [6, 6.07) is 0. The third-order valence-corrected chi connectivity index (χ3v) is 3.38. The summed E-state index contributed by atoms with van der Waals surface area (Å²) < 4.78 is 2.29. The molecule has 0 amide bonds. The third-order valence-electron chi connectivity index (χ3n) is 3.38. The summed E-state index contributed by atoms with van der Waals surface area (Å²) in [6.07, 6.45) is 3.99. The van der Waals surface area contributed by atoms with E-state index in [2.05, 4.69) is 39.8 Å². The lowest BCUT2D eigenvalue weighted by Crippen LogP contribution is -2.34. The molecule has 1 aliphatic rings. The monoisotopic (exact) mass is 222 g/mol. The van der Waals surface area contributed by atoms with Crippen molar-refractivity contribution < 1.29 is 0 Å². The highest BCUT2D eigenvalue weighted by molar-refractivity contribution is 4.94. The maximum Gasteiger partial charge on any atom is 0.122 e. The molecule has 0 aliphatic carbocycles. The van der Waals surface area contributed by atoms with Crippen LogP contribution in [0.4, 0.5) is 0 Å². The predicted octanol–water partition coefficient (Wildman–Crippen LogP) is 0.944. The fraction of sp³-hybridized carbons (Fsp3) is 0.750. The molecule has 0 spiro atoms. The molecule has 0 fully saturated rings. The van der Waals surface area contributed by atoms with Crippen LogP contribution in [0, 0.1) is 5.92 Å². The van der Waals surface area contributed by atoms with E-state index in [1.54, 1.807) is 0 Å². The van der Waals surface area contributed by atoms with Crippen LogP contribution in [-0.4, -0.2) is 40.6 Å². The van der Waals surface area contributed by atoms with Gasteiger partial charge in [-0.25, -0.2) is 4.98 Å². The van der Waals surface area contributed by atoms with Crippen LogP contribution in [0.1, 0.15) is 19.7 Å². The van der Waals surface area contributed by atoms with E-state index in [1.807, 2.05) is 6.20 Å². The molecular formula is C12H22N4. The van der Waals surface area contributed by atoms with Crippen molar-refractivity contribution in [1.29, 1.82) is 0 Å². The molecule has 4 heteroatoms. The molecule has 0 bridgehead atoms. The first kappa shape index (κ1) is 11.6. The second-order valence-corrected chi connectivity index (χ2v) is 4.48. The zero-order valence-electron chi connectivity index (χ0n) is 10.3. The standard InChI is InChI=1S/C12H22N4/c1-3-15(4-2)9-11-7-13-8-12-14-5-6-16(12)10-11/h5-6,11,13H,3-4,7-10H2,1-2H3. The minimum Gasteiger partial charge on any atom is -0.333 e.